The number of thiophene rings is 1. The van der Waals surface area contributed by atoms with Gasteiger partial charge in [0.25, 0.3) is 5.56 Å². The summed E-state index contributed by atoms with van der Waals surface area (Å²) in [6, 6.07) is 8.73. The lowest BCUT2D eigenvalue weighted by molar-refractivity contribution is -0.115. The van der Waals surface area contributed by atoms with E-state index in [0.717, 1.165) is 0 Å². The van der Waals surface area contributed by atoms with E-state index in [0.29, 0.717) is 26.1 Å². The third kappa shape index (κ3) is 3.48. The second-order valence-electron chi connectivity index (χ2n) is 5.16. The zero-order valence-corrected chi connectivity index (χ0v) is 15.3. The summed E-state index contributed by atoms with van der Waals surface area (Å²) in [6.07, 6.45) is 0. The first-order chi connectivity index (χ1) is 11.5. The van der Waals surface area contributed by atoms with E-state index in [2.05, 4.69) is 10.3 Å². The van der Waals surface area contributed by atoms with Gasteiger partial charge < -0.3 is 5.32 Å². The molecular formula is C16H14ClN3O2S2. The van der Waals surface area contributed by atoms with E-state index in [4.69, 9.17) is 11.6 Å². The number of aromatic nitrogens is 2. The Bertz CT molecular complexity index is 967. The number of carbonyl (C=O) groups excluding carboxylic acids is 1. The van der Waals surface area contributed by atoms with Crippen LogP contribution in [0.3, 0.4) is 0 Å². The highest BCUT2D eigenvalue weighted by atomic mass is 35.5. The summed E-state index contributed by atoms with van der Waals surface area (Å²) in [5, 5.41) is 5.90. The van der Waals surface area contributed by atoms with Gasteiger partial charge in [-0.05, 0) is 36.6 Å². The first-order valence-corrected chi connectivity index (χ1v) is 9.27. The first-order valence-electron chi connectivity index (χ1n) is 7.13. The summed E-state index contributed by atoms with van der Waals surface area (Å²) >= 11 is 8.58. The number of carbonyl (C=O) groups is 1. The van der Waals surface area contributed by atoms with Crippen molar-refractivity contribution >= 4 is 56.5 Å². The fourth-order valence-corrected chi connectivity index (χ4v) is 3.98. The number of anilines is 1. The van der Waals surface area contributed by atoms with Crippen LogP contribution in [-0.4, -0.2) is 20.7 Å². The smallest absolute Gasteiger partial charge is 0.262 e. The molecule has 0 radical (unpaired) electrons. The normalized spacial score (nSPS) is 12.3. The Labute approximate surface area is 151 Å². The molecule has 3 aromatic rings. The van der Waals surface area contributed by atoms with E-state index in [1.807, 2.05) is 5.38 Å². The van der Waals surface area contributed by atoms with Crippen LogP contribution >= 0.6 is 34.7 Å². The fourth-order valence-electron chi connectivity index (χ4n) is 2.11. The molecule has 5 nitrogen and oxygen atoms in total. The topological polar surface area (TPSA) is 64.0 Å². The average molecular weight is 380 g/mol. The summed E-state index contributed by atoms with van der Waals surface area (Å²) in [7, 11) is 1.66. The maximum absolute atomic E-state index is 12.4. The molecule has 1 N–H and O–H groups in total. The number of halogens is 1. The van der Waals surface area contributed by atoms with Crippen molar-refractivity contribution in [2.45, 2.75) is 17.3 Å². The van der Waals surface area contributed by atoms with E-state index in [-0.39, 0.29) is 11.5 Å². The number of nitrogens with zero attached hydrogens (tertiary/aromatic N) is 2. The van der Waals surface area contributed by atoms with Crippen LogP contribution in [0.15, 0.2) is 45.7 Å². The Balaban J connectivity index is 1.79. The summed E-state index contributed by atoms with van der Waals surface area (Å²) in [5.74, 6) is -0.178. The predicted molar refractivity (Wildman–Crippen MR) is 100 cm³/mol. The lowest BCUT2D eigenvalue weighted by Crippen LogP contribution is -2.25. The van der Waals surface area contributed by atoms with Gasteiger partial charge in [0.15, 0.2) is 5.16 Å². The van der Waals surface area contributed by atoms with Gasteiger partial charge in [-0.2, -0.15) is 0 Å². The van der Waals surface area contributed by atoms with Gasteiger partial charge in [0.05, 0.1) is 10.6 Å². The Hall–Kier alpha value is -1.83. The fraction of sp³-hybridized carbons (Fsp3) is 0.188. The highest BCUT2D eigenvalue weighted by molar-refractivity contribution is 8.00. The van der Waals surface area contributed by atoms with E-state index in [9.17, 15) is 9.59 Å². The SMILES string of the molecule is CC(Sc1nc2sccc2c(=O)n1C)C(=O)Nc1cccc(Cl)c1. The number of hydrogen-bond donors (Lipinski definition) is 1. The average Bonchev–Trinajstić information content (AvgIpc) is 3.00. The Morgan fingerprint density at radius 3 is 2.96 bits per heavy atom. The van der Waals surface area contributed by atoms with Crippen LogP contribution in [0.5, 0.6) is 0 Å². The molecule has 8 heteroatoms. The molecular weight excluding hydrogens is 366 g/mol. The molecule has 2 heterocycles. The molecule has 1 atom stereocenters. The standard InChI is InChI=1S/C16H14ClN3O2S2/c1-9(13(21)18-11-5-3-4-10(17)8-11)24-16-19-14-12(6-7-23-14)15(22)20(16)2/h3-9H,1-2H3,(H,18,21). The Morgan fingerprint density at radius 1 is 1.42 bits per heavy atom. The predicted octanol–water partition coefficient (Wildman–Crippen LogP) is 3.77. The lowest BCUT2D eigenvalue weighted by Gasteiger charge is -2.13. The Kier molecular flexibility index (Phi) is 4.93. The molecule has 24 heavy (non-hydrogen) atoms. The summed E-state index contributed by atoms with van der Waals surface area (Å²) < 4.78 is 1.48. The monoisotopic (exact) mass is 379 g/mol. The molecule has 124 valence electrons. The molecule has 2 aromatic heterocycles. The minimum atomic E-state index is -0.417. The van der Waals surface area contributed by atoms with Crippen molar-refractivity contribution in [3.05, 3.63) is 51.1 Å². The third-order valence-electron chi connectivity index (χ3n) is 3.41. The van der Waals surface area contributed by atoms with Crippen LogP contribution in [0.4, 0.5) is 5.69 Å². The number of amides is 1. The number of benzene rings is 1. The van der Waals surface area contributed by atoms with Crippen molar-refractivity contribution in [3.8, 4) is 0 Å². The van der Waals surface area contributed by atoms with Crippen molar-refractivity contribution < 1.29 is 4.79 Å². The minimum Gasteiger partial charge on any atom is -0.325 e. The highest BCUT2D eigenvalue weighted by Crippen LogP contribution is 2.25. The quantitative estimate of drug-likeness (QED) is 0.553. The number of hydrogen-bond acceptors (Lipinski definition) is 5. The van der Waals surface area contributed by atoms with E-state index in [1.165, 1.54) is 27.7 Å². The number of thioether (sulfide) groups is 1. The van der Waals surface area contributed by atoms with Crippen molar-refractivity contribution in [1.29, 1.82) is 0 Å². The van der Waals surface area contributed by atoms with Crippen molar-refractivity contribution in [1.82, 2.24) is 9.55 Å². The summed E-state index contributed by atoms with van der Waals surface area (Å²) in [6.45, 7) is 1.77. The van der Waals surface area contributed by atoms with Crippen LogP contribution in [0, 0.1) is 0 Å². The molecule has 1 amide bonds. The molecule has 0 saturated heterocycles. The van der Waals surface area contributed by atoms with Crippen LogP contribution in [-0.2, 0) is 11.8 Å². The van der Waals surface area contributed by atoms with Gasteiger partial charge in [-0.15, -0.1) is 11.3 Å². The van der Waals surface area contributed by atoms with E-state index in [1.54, 1.807) is 44.3 Å². The molecule has 0 saturated carbocycles. The molecule has 1 unspecified atom stereocenters. The van der Waals surface area contributed by atoms with Crippen LogP contribution in [0.1, 0.15) is 6.92 Å². The lowest BCUT2D eigenvalue weighted by atomic mass is 10.3. The molecule has 1 aromatic carbocycles. The van der Waals surface area contributed by atoms with Gasteiger partial charge in [0.2, 0.25) is 5.91 Å². The van der Waals surface area contributed by atoms with Crippen molar-refractivity contribution in [3.63, 3.8) is 0 Å². The zero-order valence-electron chi connectivity index (χ0n) is 12.9. The first kappa shape index (κ1) is 17.0. The maximum atomic E-state index is 12.4. The maximum Gasteiger partial charge on any atom is 0.262 e. The van der Waals surface area contributed by atoms with Gasteiger partial charge >= 0.3 is 0 Å². The second kappa shape index (κ2) is 6.96. The van der Waals surface area contributed by atoms with E-state index < -0.39 is 5.25 Å². The van der Waals surface area contributed by atoms with Crippen molar-refractivity contribution in [2.24, 2.45) is 7.05 Å². The molecule has 0 aliphatic heterocycles. The molecule has 0 aliphatic carbocycles. The number of fused-ring (bicyclic) bond motifs is 1. The molecule has 3 rings (SSSR count). The van der Waals surface area contributed by atoms with Gasteiger partial charge in [-0.1, -0.05) is 29.4 Å². The highest BCUT2D eigenvalue weighted by Gasteiger charge is 2.18. The van der Waals surface area contributed by atoms with Gasteiger partial charge in [-0.3, -0.25) is 14.2 Å². The minimum absolute atomic E-state index is 0.105. The molecule has 0 spiro atoms. The molecule has 0 aliphatic rings. The summed E-state index contributed by atoms with van der Waals surface area (Å²) in [4.78, 5) is 29.8. The largest absolute Gasteiger partial charge is 0.325 e. The molecule has 0 bridgehead atoms. The molecule has 0 fully saturated rings. The van der Waals surface area contributed by atoms with Crippen LogP contribution < -0.4 is 10.9 Å². The van der Waals surface area contributed by atoms with Crippen LogP contribution in [0.25, 0.3) is 10.2 Å². The van der Waals surface area contributed by atoms with Gasteiger partial charge in [0.1, 0.15) is 4.83 Å². The number of nitrogens with one attached hydrogen (secondary N) is 1. The van der Waals surface area contributed by atoms with Crippen LogP contribution in [0.2, 0.25) is 5.02 Å². The second-order valence-corrected chi connectivity index (χ2v) is 7.80. The zero-order chi connectivity index (χ0) is 17.3. The summed E-state index contributed by atoms with van der Waals surface area (Å²) in [5.41, 5.74) is 0.529. The number of rotatable bonds is 4. The third-order valence-corrected chi connectivity index (χ3v) is 5.59. The Morgan fingerprint density at radius 2 is 2.21 bits per heavy atom. The van der Waals surface area contributed by atoms with Crippen molar-refractivity contribution in [2.75, 3.05) is 5.32 Å². The van der Waals surface area contributed by atoms with Gasteiger partial charge in [-0.25, -0.2) is 4.98 Å². The van der Waals surface area contributed by atoms with E-state index >= 15 is 0 Å². The van der Waals surface area contributed by atoms with Gasteiger partial charge in [0, 0.05) is 17.8 Å².